The first-order valence-electron chi connectivity index (χ1n) is 9.17. The number of sulfonamides is 1. The standard InChI is InChI=1S/C20H28N2O4S/c1-3-15-22(27(24,25)19-11-9-18(26-2)10-12-19)16-20(23)21-14-13-17-7-5-4-6-8-17/h3,7,9-12H,1,4-6,8,13-16H2,2H3,(H,21,23). The molecular weight excluding hydrogens is 364 g/mol. The van der Waals surface area contributed by atoms with Gasteiger partial charge in [-0.25, -0.2) is 8.42 Å². The summed E-state index contributed by atoms with van der Waals surface area (Å²) in [6.07, 6.45) is 9.16. The summed E-state index contributed by atoms with van der Waals surface area (Å²) in [5, 5.41) is 2.82. The van der Waals surface area contributed by atoms with Crippen molar-refractivity contribution >= 4 is 15.9 Å². The maximum absolute atomic E-state index is 12.8. The average Bonchev–Trinajstić information content (AvgIpc) is 2.68. The van der Waals surface area contributed by atoms with Crippen LogP contribution in [0.25, 0.3) is 0 Å². The lowest BCUT2D eigenvalue weighted by Gasteiger charge is -2.20. The van der Waals surface area contributed by atoms with Crippen LogP contribution in [0.4, 0.5) is 0 Å². The van der Waals surface area contributed by atoms with Crippen LogP contribution >= 0.6 is 0 Å². The minimum atomic E-state index is -3.79. The zero-order valence-corrected chi connectivity index (χ0v) is 16.6. The van der Waals surface area contributed by atoms with E-state index in [4.69, 9.17) is 4.74 Å². The van der Waals surface area contributed by atoms with Gasteiger partial charge in [0.15, 0.2) is 0 Å². The number of allylic oxidation sites excluding steroid dienone is 1. The Morgan fingerprint density at radius 1 is 1.30 bits per heavy atom. The van der Waals surface area contributed by atoms with Gasteiger partial charge in [-0.05, 0) is 56.4 Å². The van der Waals surface area contributed by atoms with Crippen molar-refractivity contribution in [3.63, 3.8) is 0 Å². The summed E-state index contributed by atoms with van der Waals surface area (Å²) < 4.78 is 31.8. The third-order valence-corrected chi connectivity index (χ3v) is 6.33. The number of methoxy groups -OCH3 is 1. The average molecular weight is 393 g/mol. The van der Waals surface area contributed by atoms with Gasteiger partial charge in [-0.15, -0.1) is 6.58 Å². The molecule has 0 aliphatic heterocycles. The van der Waals surface area contributed by atoms with Crippen LogP contribution in [0.2, 0.25) is 0 Å². The molecule has 2 rings (SSSR count). The van der Waals surface area contributed by atoms with Crippen molar-refractivity contribution in [1.29, 1.82) is 0 Å². The predicted molar refractivity (Wildman–Crippen MR) is 106 cm³/mol. The van der Waals surface area contributed by atoms with Crippen LogP contribution in [-0.2, 0) is 14.8 Å². The first-order valence-corrected chi connectivity index (χ1v) is 10.6. The number of ether oxygens (including phenoxy) is 1. The van der Waals surface area contributed by atoms with E-state index in [1.165, 1.54) is 43.7 Å². The molecule has 1 N–H and O–H groups in total. The molecule has 0 saturated carbocycles. The van der Waals surface area contributed by atoms with Gasteiger partial charge in [-0.1, -0.05) is 17.7 Å². The number of amides is 1. The van der Waals surface area contributed by atoms with Crippen LogP contribution in [0.5, 0.6) is 5.75 Å². The monoisotopic (exact) mass is 392 g/mol. The molecule has 0 atom stereocenters. The SMILES string of the molecule is C=CCN(CC(=O)NCCC1=CCCCC1)S(=O)(=O)c1ccc(OC)cc1. The van der Waals surface area contributed by atoms with Gasteiger partial charge >= 0.3 is 0 Å². The summed E-state index contributed by atoms with van der Waals surface area (Å²) in [5.41, 5.74) is 1.37. The largest absolute Gasteiger partial charge is 0.497 e. The molecule has 0 aromatic heterocycles. The lowest BCUT2D eigenvalue weighted by atomic mass is 9.97. The van der Waals surface area contributed by atoms with E-state index in [2.05, 4.69) is 18.0 Å². The lowest BCUT2D eigenvalue weighted by molar-refractivity contribution is -0.121. The molecule has 0 unspecified atom stereocenters. The Morgan fingerprint density at radius 2 is 2.04 bits per heavy atom. The molecule has 1 aromatic carbocycles. The molecule has 1 aromatic rings. The predicted octanol–water partition coefficient (Wildman–Crippen LogP) is 2.88. The van der Waals surface area contributed by atoms with E-state index >= 15 is 0 Å². The molecule has 27 heavy (non-hydrogen) atoms. The number of rotatable bonds is 10. The summed E-state index contributed by atoms with van der Waals surface area (Å²) in [6.45, 7) is 3.95. The van der Waals surface area contributed by atoms with Gasteiger partial charge in [0.05, 0.1) is 18.6 Å². The number of carbonyl (C=O) groups excluding carboxylic acids is 1. The lowest BCUT2D eigenvalue weighted by Crippen LogP contribution is -2.41. The van der Waals surface area contributed by atoms with Gasteiger partial charge in [-0.3, -0.25) is 4.79 Å². The maximum atomic E-state index is 12.8. The van der Waals surface area contributed by atoms with Crippen LogP contribution in [0, 0.1) is 0 Å². The summed E-state index contributed by atoms with van der Waals surface area (Å²) in [4.78, 5) is 12.4. The Kier molecular flexibility index (Phi) is 8.06. The van der Waals surface area contributed by atoms with Gasteiger partial charge in [0.2, 0.25) is 15.9 Å². The van der Waals surface area contributed by atoms with E-state index < -0.39 is 10.0 Å². The Morgan fingerprint density at radius 3 is 2.63 bits per heavy atom. The molecule has 0 heterocycles. The molecule has 1 aliphatic rings. The van der Waals surface area contributed by atoms with E-state index in [1.807, 2.05) is 0 Å². The molecule has 1 aliphatic carbocycles. The number of carbonyl (C=O) groups is 1. The third-order valence-electron chi connectivity index (χ3n) is 4.50. The van der Waals surface area contributed by atoms with Crippen LogP contribution in [0.1, 0.15) is 32.1 Å². The second-order valence-corrected chi connectivity index (χ2v) is 8.41. The highest BCUT2D eigenvalue weighted by Crippen LogP contribution is 2.20. The summed E-state index contributed by atoms with van der Waals surface area (Å²) >= 11 is 0. The fourth-order valence-electron chi connectivity index (χ4n) is 3.00. The molecule has 7 heteroatoms. The van der Waals surface area contributed by atoms with Crippen LogP contribution in [0.3, 0.4) is 0 Å². The van der Waals surface area contributed by atoms with Gasteiger partial charge in [0.25, 0.3) is 0 Å². The van der Waals surface area contributed by atoms with Crippen molar-refractivity contribution in [1.82, 2.24) is 9.62 Å². The van der Waals surface area contributed by atoms with Crippen molar-refractivity contribution in [3.8, 4) is 5.75 Å². The van der Waals surface area contributed by atoms with Crippen molar-refractivity contribution in [2.24, 2.45) is 0 Å². The normalized spacial score (nSPS) is 14.5. The third kappa shape index (κ3) is 6.22. The van der Waals surface area contributed by atoms with Gasteiger partial charge in [-0.2, -0.15) is 4.31 Å². The highest BCUT2D eigenvalue weighted by atomic mass is 32.2. The second-order valence-electron chi connectivity index (χ2n) is 6.47. The number of hydrogen-bond acceptors (Lipinski definition) is 4. The minimum Gasteiger partial charge on any atom is -0.497 e. The Labute approximate surface area is 162 Å². The molecule has 0 fully saturated rings. The first-order chi connectivity index (χ1) is 13.0. The van der Waals surface area contributed by atoms with Crippen molar-refractivity contribution in [2.45, 2.75) is 37.0 Å². The van der Waals surface area contributed by atoms with Crippen LogP contribution in [-0.4, -0.2) is 45.4 Å². The van der Waals surface area contributed by atoms with E-state index in [0.717, 1.165) is 23.6 Å². The summed E-state index contributed by atoms with van der Waals surface area (Å²) in [5.74, 6) is 0.254. The number of nitrogens with zero attached hydrogens (tertiary/aromatic N) is 1. The van der Waals surface area contributed by atoms with Crippen LogP contribution < -0.4 is 10.1 Å². The molecule has 1 amide bonds. The molecule has 148 valence electrons. The zero-order chi connectivity index (χ0) is 19.7. The molecule has 6 nitrogen and oxygen atoms in total. The molecule has 0 spiro atoms. The van der Waals surface area contributed by atoms with Crippen LogP contribution in [0.15, 0.2) is 53.5 Å². The van der Waals surface area contributed by atoms with E-state index in [0.29, 0.717) is 12.3 Å². The molecule has 0 bridgehead atoms. The second kappa shape index (κ2) is 10.3. The highest BCUT2D eigenvalue weighted by Gasteiger charge is 2.25. The Hall–Kier alpha value is -2.12. The zero-order valence-electron chi connectivity index (χ0n) is 15.8. The first kappa shape index (κ1) is 21.2. The quantitative estimate of drug-likeness (QED) is 0.621. The van der Waals surface area contributed by atoms with E-state index in [9.17, 15) is 13.2 Å². The fourth-order valence-corrected chi connectivity index (χ4v) is 4.37. The Balaban J connectivity index is 1.96. The maximum Gasteiger partial charge on any atom is 0.243 e. The number of benzene rings is 1. The van der Waals surface area contributed by atoms with Crippen molar-refractivity contribution in [2.75, 3.05) is 26.7 Å². The van der Waals surface area contributed by atoms with Gasteiger partial charge in [0, 0.05) is 13.1 Å². The smallest absolute Gasteiger partial charge is 0.243 e. The van der Waals surface area contributed by atoms with Gasteiger partial charge in [0.1, 0.15) is 5.75 Å². The molecular formula is C20H28N2O4S. The summed E-state index contributed by atoms with van der Waals surface area (Å²) in [7, 11) is -2.28. The van der Waals surface area contributed by atoms with Gasteiger partial charge < -0.3 is 10.1 Å². The number of nitrogens with one attached hydrogen (secondary N) is 1. The van der Waals surface area contributed by atoms with Crippen molar-refractivity contribution < 1.29 is 17.9 Å². The fraction of sp³-hybridized carbons (Fsp3) is 0.450. The topological polar surface area (TPSA) is 75.7 Å². The molecule has 0 saturated heterocycles. The van der Waals surface area contributed by atoms with E-state index in [-0.39, 0.29) is 23.9 Å². The highest BCUT2D eigenvalue weighted by molar-refractivity contribution is 7.89. The minimum absolute atomic E-state index is 0.0624. The molecule has 0 radical (unpaired) electrons. The number of hydrogen-bond donors (Lipinski definition) is 1. The summed E-state index contributed by atoms with van der Waals surface area (Å²) in [6, 6.07) is 6.10. The van der Waals surface area contributed by atoms with Crippen molar-refractivity contribution in [3.05, 3.63) is 48.6 Å². The Bertz CT molecular complexity index is 770. The van der Waals surface area contributed by atoms with E-state index in [1.54, 1.807) is 12.1 Å².